The normalized spacial score (nSPS) is 11.6. The summed E-state index contributed by atoms with van der Waals surface area (Å²) in [7, 11) is 3.91. The van der Waals surface area contributed by atoms with Gasteiger partial charge in [0.2, 0.25) is 0 Å². The average molecular weight is 600 g/mol. The van der Waals surface area contributed by atoms with Gasteiger partial charge < -0.3 is 39.6 Å². The minimum atomic E-state index is -1.25. The third-order valence-corrected chi connectivity index (χ3v) is 7.11. The topological polar surface area (TPSA) is 193 Å². The second kappa shape index (κ2) is 11.3. The summed E-state index contributed by atoms with van der Waals surface area (Å²) in [6, 6.07) is 11.6. The van der Waals surface area contributed by atoms with E-state index in [4.69, 9.17) is 13.9 Å². The lowest BCUT2D eigenvalue weighted by atomic mass is 9.90. The highest BCUT2D eigenvalue weighted by Gasteiger charge is 2.27. The highest BCUT2D eigenvalue weighted by molar-refractivity contribution is 6.20. The van der Waals surface area contributed by atoms with Crippen molar-refractivity contribution in [1.29, 1.82) is 0 Å². The van der Waals surface area contributed by atoms with Crippen LogP contribution in [-0.4, -0.2) is 59.4 Å². The third-order valence-electron chi connectivity index (χ3n) is 7.11. The number of methoxy groups -OCH3 is 2. The number of aliphatic hydroxyl groups is 1. The molecule has 0 bridgehead atoms. The van der Waals surface area contributed by atoms with Crippen LogP contribution in [0.4, 0.5) is 0 Å². The zero-order valence-electron chi connectivity index (χ0n) is 23.5. The molecule has 0 saturated carbocycles. The Morgan fingerprint density at radius 1 is 0.886 bits per heavy atom. The number of carbonyl (C=O) groups is 3. The average Bonchev–Trinajstić information content (AvgIpc) is 2.98. The molecule has 1 heterocycles. The summed E-state index contributed by atoms with van der Waals surface area (Å²) >= 11 is 0. The van der Waals surface area contributed by atoms with Crippen molar-refractivity contribution in [2.24, 2.45) is 0 Å². The first-order valence-corrected chi connectivity index (χ1v) is 13.0. The smallest absolute Gasteiger partial charge is 0.348 e. The maximum Gasteiger partial charge on any atom is 0.348 e. The SMILES string of the molecule is CNC(=O)c1cc2cc3cc4cc(CC(=O)O)c(C(=O)/C=C(\O)c5ccccc5O)c(OC)c4c(OC)c3c(O)c2c(=O)o1. The fourth-order valence-electron chi connectivity index (χ4n) is 5.27. The van der Waals surface area contributed by atoms with Crippen molar-refractivity contribution >= 4 is 55.7 Å². The number of fused-ring (bicyclic) bond motifs is 3. The Labute approximate surface area is 248 Å². The van der Waals surface area contributed by atoms with E-state index >= 15 is 0 Å². The number of aromatic hydroxyl groups is 2. The first-order valence-electron chi connectivity index (χ1n) is 13.0. The number of rotatable bonds is 8. The molecule has 12 heteroatoms. The molecule has 44 heavy (non-hydrogen) atoms. The zero-order chi connectivity index (χ0) is 31.9. The lowest BCUT2D eigenvalue weighted by molar-refractivity contribution is -0.136. The maximum absolute atomic E-state index is 13.7. The van der Waals surface area contributed by atoms with Gasteiger partial charge in [0.1, 0.15) is 34.1 Å². The van der Waals surface area contributed by atoms with Crippen molar-refractivity contribution in [2.75, 3.05) is 21.3 Å². The van der Waals surface area contributed by atoms with Crippen molar-refractivity contribution in [1.82, 2.24) is 5.32 Å². The Morgan fingerprint density at radius 3 is 2.14 bits per heavy atom. The van der Waals surface area contributed by atoms with Crippen LogP contribution in [0, 0.1) is 0 Å². The van der Waals surface area contributed by atoms with Crippen molar-refractivity contribution < 1.29 is 48.7 Å². The van der Waals surface area contributed by atoms with Gasteiger partial charge in [0.05, 0.1) is 42.5 Å². The molecule has 0 unspecified atom stereocenters. The van der Waals surface area contributed by atoms with Gasteiger partial charge in [-0.3, -0.25) is 14.4 Å². The molecule has 0 aliphatic heterocycles. The Hall–Kier alpha value is -6.04. The molecular weight excluding hydrogens is 574 g/mol. The molecule has 0 aliphatic rings. The fraction of sp³-hybridized carbons (Fsp3) is 0.125. The molecule has 5 N–H and O–H groups in total. The van der Waals surface area contributed by atoms with E-state index in [2.05, 4.69) is 5.32 Å². The van der Waals surface area contributed by atoms with E-state index in [1.165, 1.54) is 57.7 Å². The van der Waals surface area contributed by atoms with Crippen molar-refractivity contribution in [3.63, 3.8) is 0 Å². The molecule has 0 saturated heterocycles. The number of carbonyl (C=O) groups excluding carboxylic acids is 2. The third kappa shape index (κ3) is 4.87. The summed E-state index contributed by atoms with van der Waals surface area (Å²) in [4.78, 5) is 50.5. The van der Waals surface area contributed by atoms with Gasteiger partial charge in [-0.15, -0.1) is 0 Å². The van der Waals surface area contributed by atoms with Gasteiger partial charge in [0, 0.05) is 13.1 Å². The summed E-state index contributed by atoms with van der Waals surface area (Å²) in [5.41, 5.74) is -1.18. The minimum Gasteiger partial charge on any atom is -0.507 e. The van der Waals surface area contributed by atoms with Crippen LogP contribution < -0.4 is 20.4 Å². The minimum absolute atomic E-state index is 0.00615. The van der Waals surface area contributed by atoms with Gasteiger partial charge in [-0.25, -0.2) is 4.79 Å². The van der Waals surface area contributed by atoms with Gasteiger partial charge in [0.15, 0.2) is 11.5 Å². The monoisotopic (exact) mass is 599 g/mol. The standard InChI is InChI=1S/C32H25NO11/c1-33-31(40)22-11-16-9-14-8-15-10-17(12-23(37)38)24(21(36)13-20(35)18-6-4-5-7-19(18)34)29(42-2)27(15)30(43-3)25(14)28(39)26(16)32(41)44-22/h4-11,13,34-35,39H,12H2,1-3H3,(H,33,40)(H,37,38)/b20-13-. The predicted molar refractivity (Wildman–Crippen MR) is 160 cm³/mol. The van der Waals surface area contributed by atoms with E-state index in [0.29, 0.717) is 10.8 Å². The van der Waals surface area contributed by atoms with Crippen LogP contribution in [0.2, 0.25) is 0 Å². The quantitative estimate of drug-likeness (QED) is 0.0739. The van der Waals surface area contributed by atoms with Gasteiger partial charge in [0.25, 0.3) is 5.91 Å². The van der Waals surface area contributed by atoms with E-state index in [9.17, 15) is 39.6 Å². The van der Waals surface area contributed by atoms with Gasteiger partial charge in [-0.2, -0.15) is 0 Å². The number of carboxylic acid groups (broad SMARTS) is 1. The van der Waals surface area contributed by atoms with Crippen LogP contribution in [-0.2, 0) is 11.2 Å². The number of para-hydroxylation sites is 1. The molecule has 0 aliphatic carbocycles. The van der Waals surface area contributed by atoms with Crippen LogP contribution in [0.5, 0.6) is 23.0 Å². The zero-order valence-corrected chi connectivity index (χ0v) is 23.5. The van der Waals surface area contributed by atoms with E-state index in [-0.39, 0.29) is 61.2 Å². The molecule has 224 valence electrons. The molecular formula is C32H25NO11. The Kier molecular flexibility index (Phi) is 7.58. The molecule has 0 radical (unpaired) electrons. The van der Waals surface area contributed by atoms with Crippen molar-refractivity contribution in [2.45, 2.75) is 6.42 Å². The first kappa shape index (κ1) is 29.5. The largest absolute Gasteiger partial charge is 0.507 e. The molecule has 5 aromatic rings. The number of aliphatic carboxylic acids is 1. The van der Waals surface area contributed by atoms with Crippen molar-refractivity contribution in [3.8, 4) is 23.0 Å². The van der Waals surface area contributed by atoms with Gasteiger partial charge >= 0.3 is 11.6 Å². The summed E-state index contributed by atoms with van der Waals surface area (Å²) in [5, 5.41) is 45.1. The van der Waals surface area contributed by atoms with Crippen LogP contribution in [0.1, 0.15) is 32.0 Å². The number of nitrogens with one attached hydrogen (secondary N) is 1. The first-order chi connectivity index (χ1) is 21.0. The van der Waals surface area contributed by atoms with E-state index < -0.39 is 41.2 Å². The molecule has 4 aromatic carbocycles. The second-order valence-corrected chi connectivity index (χ2v) is 9.70. The second-order valence-electron chi connectivity index (χ2n) is 9.70. The number of benzene rings is 4. The summed E-state index contributed by atoms with van der Waals surface area (Å²) in [6.45, 7) is 0. The molecule has 1 amide bonds. The fourth-order valence-corrected chi connectivity index (χ4v) is 5.27. The Morgan fingerprint density at radius 2 is 1.52 bits per heavy atom. The number of hydrogen-bond donors (Lipinski definition) is 5. The lowest BCUT2D eigenvalue weighted by Crippen LogP contribution is -2.19. The van der Waals surface area contributed by atoms with Gasteiger partial charge in [-0.05, 0) is 58.1 Å². The van der Waals surface area contributed by atoms with Crippen LogP contribution >= 0.6 is 0 Å². The van der Waals surface area contributed by atoms with E-state index in [0.717, 1.165) is 6.08 Å². The Balaban J connectivity index is 1.87. The van der Waals surface area contributed by atoms with Gasteiger partial charge in [-0.1, -0.05) is 12.1 Å². The molecule has 0 spiro atoms. The number of aliphatic hydroxyl groups excluding tert-OH is 1. The number of allylic oxidation sites excluding steroid dienone is 1. The number of phenols is 2. The molecule has 5 rings (SSSR count). The highest BCUT2D eigenvalue weighted by Crippen LogP contribution is 2.47. The number of hydrogen-bond acceptors (Lipinski definition) is 10. The molecule has 12 nitrogen and oxygen atoms in total. The number of phenolic OH excluding ortho intramolecular Hbond substituents is 2. The summed E-state index contributed by atoms with van der Waals surface area (Å²) < 4.78 is 16.5. The molecule has 0 atom stereocenters. The lowest BCUT2D eigenvalue weighted by Gasteiger charge is -2.19. The van der Waals surface area contributed by atoms with Crippen LogP contribution in [0.25, 0.3) is 38.1 Å². The molecule has 1 aromatic heterocycles. The Bertz CT molecular complexity index is 2130. The van der Waals surface area contributed by atoms with E-state index in [1.807, 2.05) is 0 Å². The number of amides is 1. The summed E-state index contributed by atoms with van der Waals surface area (Å²) in [5.74, 6) is -4.52. The number of ketones is 1. The molecule has 0 fully saturated rings. The maximum atomic E-state index is 13.7. The summed E-state index contributed by atoms with van der Waals surface area (Å²) in [6.07, 6.45) is 0.232. The van der Waals surface area contributed by atoms with Crippen molar-refractivity contribution in [3.05, 3.63) is 87.5 Å². The number of ether oxygens (including phenoxy) is 2. The van der Waals surface area contributed by atoms with Crippen LogP contribution in [0.15, 0.2) is 63.8 Å². The van der Waals surface area contributed by atoms with E-state index in [1.54, 1.807) is 12.1 Å². The predicted octanol–water partition coefficient (Wildman–Crippen LogP) is 4.30. The van der Waals surface area contributed by atoms with Crippen LogP contribution in [0.3, 0.4) is 0 Å². The number of carboxylic acids is 1. The highest BCUT2D eigenvalue weighted by atomic mass is 16.5.